The van der Waals surface area contributed by atoms with Gasteiger partial charge in [-0.1, -0.05) is 30.3 Å². The van der Waals surface area contributed by atoms with Gasteiger partial charge in [0.05, 0.1) is 5.75 Å². The first-order valence-electron chi connectivity index (χ1n) is 5.51. The quantitative estimate of drug-likeness (QED) is 0.780. The molecule has 0 amide bonds. The van der Waals surface area contributed by atoms with Crippen LogP contribution < -0.4 is 4.72 Å². The number of nitrogens with one attached hydrogen (secondary N) is 1. The van der Waals surface area contributed by atoms with Crippen LogP contribution in [-0.2, 0) is 16.4 Å². The maximum absolute atomic E-state index is 11.7. The smallest absolute Gasteiger partial charge is 0.212 e. The van der Waals surface area contributed by atoms with Crippen molar-refractivity contribution in [2.75, 3.05) is 5.75 Å². The summed E-state index contributed by atoms with van der Waals surface area (Å²) in [6.45, 7) is 1.76. The summed E-state index contributed by atoms with van der Waals surface area (Å²) in [5, 5.41) is 0. The van der Waals surface area contributed by atoms with Gasteiger partial charge in [0.2, 0.25) is 10.0 Å². The van der Waals surface area contributed by atoms with Gasteiger partial charge in [-0.05, 0) is 18.9 Å². The molecule has 3 nitrogen and oxygen atoms in total. The van der Waals surface area contributed by atoms with Crippen molar-refractivity contribution in [2.24, 2.45) is 0 Å². The molecule has 0 aliphatic carbocycles. The molecule has 1 atom stereocenters. The highest BCUT2D eigenvalue weighted by Gasteiger charge is 2.13. The highest BCUT2D eigenvalue weighted by molar-refractivity contribution is 7.89. The lowest BCUT2D eigenvalue weighted by Crippen LogP contribution is -2.34. The Morgan fingerprint density at radius 2 is 2.00 bits per heavy atom. The van der Waals surface area contributed by atoms with E-state index in [0.717, 1.165) is 5.56 Å². The van der Waals surface area contributed by atoms with Gasteiger partial charge in [0.1, 0.15) is 0 Å². The van der Waals surface area contributed by atoms with Crippen LogP contribution in [0, 0.1) is 12.3 Å². The Labute approximate surface area is 103 Å². The van der Waals surface area contributed by atoms with E-state index >= 15 is 0 Å². The zero-order valence-electron chi connectivity index (χ0n) is 9.89. The number of rotatable bonds is 6. The minimum atomic E-state index is -3.25. The summed E-state index contributed by atoms with van der Waals surface area (Å²) in [5.74, 6) is 2.53. The molecule has 0 fully saturated rings. The largest absolute Gasteiger partial charge is 0.212 e. The normalized spacial score (nSPS) is 12.9. The number of benzene rings is 1. The summed E-state index contributed by atoms with van der Waals surface area (Å²) in [4.78, 5) is 0. The molecule has 0 aromatic heterocycles. The third-order valence-electron chi connectivity index (χ3n) is 2.31. The van der Waals surface area contributed by atoms with Crippen LogP contribution in [0.3, 0.4) is 0 Å². The van der Waals surface area contributed by atoms with Crippen molar-refractivity contribution in [2.45, 2.75) is 25.8 Å². The standard InChI is InChI=1S/C13H17NO2S/c1-3-7-12(2)14-17(15,16)11-10-13-8-5-4-6-9-13/h1,4-6,8-9,12,14H,7,10-11H2,2H3. The van der Waals surface area contributed by atoms with Crippen molar-refractivity contribution in [1.29, 1.82) is 0 Å². The summed E-state index contributed by atoms with van der Waals surface area (Å²) >= 11 is 0. The zero-order valence-corrected chi connectivity index (χ0v) is 10.7. The van der Waals surface area contributed by atoms with Crippen LogP contribution in [0.2, 0.25) is 0 Å². The molecule has 0 aliphatic heterocycles. The SMILES string of the molecule is C#CCC(C)NS(=O)(=O)CCc1ccccc1. The second-order valence-electron chi connectivity index (χ2n) is 3.98. The van der Waals surface area contributed by atoms with Gasteiger partial charge in [0.15, 0.2) is 0 Å². The third kappa shape index (κ3) is 5.53. The second kappa shape index (κ2) is 6.43. The Morgan fingerprint density at radius 1 is 1.35 bits per heavy atom. The Morgan fingerprint density at radius 3 is 2.59 bits per heavy atom. The van der Waals surface area contributed by atoms with Gasteiger partial charge in [0, 0.05) is 12.5 Å². The number of hydrogen-bond acceptors (Lipinski definition) is 2. The van der Waals surface area contributed by atoms with Crippen LogP contribution >= 0.6 is 0 Å². The molecule has 1 unspecified atom stereocenters. The van der Waals surface area contributed by atoms with Crippen LogP contribution in [-0.4, -0.2) is 20.2 Å². The lowest BCUT2D eigenvalue weighted by atomic mass is 10.2. The highest BCUT2D eigenvalue weighted by atomic mass is 32.2. The lowest BCUT2D eigenvalue weighted by molar-refractivity contribution is 0.563. The maximum Gasteiger partial charge on any atom is 0.212 e. The van der Waals surface area contributed by atoms with Crippen molar-refractivity contribution in [3.05, 3.63) is 35.9 Å². The number of sulfonamides is 1. The molecule has 0 heterocycles. The van der Waals surface area contributed by atoms with Crippen LogP contribution in [0.5, 0.6) is 0 Å². The van der Waals surface area contributed by atoms with Gasteiger partial charge in [0.25, 0.3) is 0 Å². The van der Waals surface area contributed by atoms with E-state index in [0.29, 0.717) is 12.8 Å². The molecule has 17 heavy (non-hydrogen) atoms. The Bertz CT molecular complexity index is 474. The monoisotopic (exact) mass is 251 g/mol. The minimum Gasteiger partial charge on any atom is -0.212 e. The van der Waals surface area contributed by atoms with E-state index in [1.54, 1.807) is 6.92 Å². The highest BCUT2D eigenvalue weighted by Crippen LogP contribution is 2.02. The molecule has 0 saturated carbocycles. The fraction of sp³-hybridized carbons (Fsp3) is 0.385. The average molecular weight is 251 g/mol. The summed E-state index contributed by atoms with van der Waals surface area (Å²) in [7, 11) is -3.25. The topological polar surface area (TPSA) is 46.2 Å². The third-order valence-corrected chi connectivity index (χ3v) is 3.81. The molecule has 1 N–H and O–H groups in total. The van der Waals surface area contributed by atoms with Crippen molar-refractivity contribution < 1.29 is 8.42 Å². The van der Waals surface area contributed by atoms with E-state index in [-0.39, 0.29) is 11.8 Å². The van der Waals surface area contributed by atoms with Gasteiger partial charge in [-0.2, -0.15) is 0 Å². The number of hydrogen-bond donors (Lipinski definition) is 1. The molecule has 0 spiro atoms. The molecule has 4 heteroatoms. The first kappa shape index (κ1) is 13.8. The summed E-state index contributed by atoms with van der Waals surface area (Å²) in [5.41, 5.74) is 1.02. The van der Waals surface area contributed by atoms with Crippen molar-refractivity contribution in [3.8, 4) is 12.3 Å². The molecule has 0 radical (unpaired) electrons. The minimum absolute atomic E-state index is 0.0892. The molecular weight excluding hydrogens is 234 g/mol. The van der Waals surface area contributed by atoms with Crippen LogP contribution in [0.1, 0.15) is 18.9 Å². The summed E-state index contributed by atoms with van der Waals surface area (Å²) in [6, 6.07) is 9.33. The van der Waals surface area contributed by atoms with Crippen molar-refractivity contribution >= 4 is 10.0 Å². The van der Waals surface area contributed by atoms with E-state index in [4.69, 9.17) is 6.42 Å². The average Bonchev–Trinajstić information content (AvgIpc) is 2.27. The fourth-order valence-corrected chi connectivity index (χ4v) is 2.80. The predicted molar refractivity (Wildman–Crippen MR) is 70.0 cm³/mol. The number of terminal acetylenes is 1. The van der Waals surface area contributed by atoms with Gasteiger partial charge in [-0.3, -0.25) is 0 Å². The van der Waals surface area contributed by atoms with E-state index in [1.807, 2.05) is 30.3 Å². The fourth-order valence-electron chi connectivity index (χ4n) is 1.48. The van der Waals surface area contributed by atoms with Crippen LogP contribution in [0.15, 0.2) is 30.3 Å². The Hall–Kier alpha value is -1.31. The van der Waals surface area contributed by atoms with Gasteiger partial charge in [-0.15, -0.1) is 12.3 Å². The van der Waals surface area contributed by atoms with Crippen molar-refractivity contribution in [3.63, 3.8) is 0 Å². The molecule has 1 rings (SSSR count). The zero-order chi connectivity index (χ0) is 12.7. The van der Waals surface area contributed by atoms with E-state index < -0.39 is 10.0 Å². The van der Waals surface area contributed by atoms with E-state index in [9.17, 15) is 8.42 Å². The molecule has 1 aromatic rings. The Kier molecular flexibility index (Phi) is 5.20. The first-order valence-corrected chi connectivity index (χ1v) is 7.16. The predicted octanol–water partition coefficient (Wildman–Crippen LogP) is 1.56. The van der Waals surface area contributed by atoms with Gasteiger partial charge >= 0.3 is 0 Å². The van der Waals surface area contributed by atoms with Gasteiger partial charge in [-0.25, -0.2) is 13.1 Å². The summed E-state index contributed by atoms with van der Waals surface area (Å²) < 4.78 is 26.0. The Balaban J connectivity index is 2.48. The molecule has 0 saturated heterocycles. The molecular formula is C13H17NO2S. The lowest BCUT2D eigenvalue weighted by Gasteiger charge is -2.11. The van der Waals surface area contributed by atoms with Gasteiger partial charge < -0.3 is 0 Å². The summed E-state index contributed by atoms with van der Waals surface area (Å²) in [6.07, 6.45) is 6.05. The van der Waals surface area contributed by atoms with Crippen LogP contribution in [0.25, 0.3) is 0 Å². The number of aryl methyl sites for hydroxylation is 1. The van der Waals surface area contributed by atoms with Crippen LogP contribution in [0.4, 0.5) is 0 Å². The molecule has 92 valence electrons. The van der Waals surface area contributed by atoms with E-state index in [1.165, 1.54) is 0 Å². The molecule has 0 aliphatic rings. The second-order valence-corrected chi connectivity index (χ2v) is 5.86. The molecule has 0 bridgehead atoms. The maximum atomic E-state index is 11.7. The first-order chi connectivity index (χ1) is 8.03. The van der Waals surface area contributed by atoms with E-state index in [2.05, 4.69) is 10.6 Å². The van der Waals surface area contributed by atoms with Crippen molar-refractivity contribution in [1.82, 2.24) is 4.72 Å². The molecule has 1 aromatic carbocycles.